The smallest absolute Gasteiger partial charge is 0.266 e. The zero-order valence-electron chi connectivity index (χ0n) is 12.4. The van der Waals surface area contributed by atoms with Crippen LogP contribution in [0.3, 0.4) is 0 Å². The van der Waals surface area contributed by atoms with Crippen LogP contribution in [0.4, 0.5) is 10.2 Å². The highest BCUT2D eigenvalue weighted by molar-refractivity contribution is 7.83. The molecular formula is C16H12FN3O2S2. The van der Waals surface area contributed by atoms with Crippen LogP contribution in [0.25, 0.3) is 5.69 Å². The molecule has 1 aliphatic heterocycles. The Hall–Kier alpha value is -2.32. The van der Waals surface area contributed by atoms with Crippen LogP contribution in [0.2, 0.25) is 0 Å². The number of anilines is 1. The first-order valence-corrected chi connectivity index (χ1v) is 9.55. The van der Waals surface area contributed by atoms with Gasteiger partial charge in [0, 0.05) is 16.4 Å². The van der Waals surface area contributed by atoms with Gasteiger partial charge in [-0.2, -0.15) is 5.10 Å². The summed E-state index contributed by atoms with van der Waals surface area (Å²) in [7, 11) is -1.00. The Morgan fingerprint density at radius 2 is 2.04 bits per heavy atom. The van der Waals surface area contributed by atoms with Crippen molar-refractivity contribution in [1.82, 2.24) is 9.78 Å². The third kappa shape index (κ3) is 2.67. The normalized spacial score (nSPS) is 16.1. The van der Waals surface area contributed by atoms with Gasteiger partial charge in [-0.3, -0.25) is 9.00 Å². The van der Waals surface area contributed by atoms with Gasteiger partial charge in [0.1, 0.15) is 11.6 Å². The molecule has 1 N–H and O–H groups in total. The summed E-state index contributed by atoms with van der Waals surface area (Å²) >= 11 is 1.34. The molecule has 0 fully saturated rings. The number of nitrogens with one attached hydrogen (secondary N) is 1. The Morgan fingerprint density at radius 1 is 1.25 bits per heavy atom. The van der Waals surface area contributed by atoms with E-state index in [-0.39, 0.29) is 11.7 Å². The molecule has 0 aliphatic carbocycles. The fraction of sp³-hybridized carbons (Fsp3) is 0.125. The highest BCUT2D eigenvalue weighted by Crippen LogP contribution is 2.31. The Bertz CT molecular complexity index is 933. The lowest BCUT2D eigenvalue weighted by Gasteiger charge is -2.10. The number of nitrogens with zero attached hydrogens (tertiary/aromatic N) is 2. The summed E-state index contributed by atoms with van der Waals surface area (Å²) in [6.45, 7) is 0. The summed E-state index contributed by atoms with van der Waals surface area (Å²) in [5.74, 6) is 0.639. The maximum Gasteiger partial charge on any atom is 0.266 e. The molecule has 1 aliphatic rings. The minimum Gasteiger partial charge on any atom is -0.305 e. The lowest BCUT2D eigenvalue weighted by Crippen LogP contribution is -2.15. The number of thiophene rings is 1. The molecule has 3 aromatic rings. The van der Waals surface area contributed by atoms with E-state index >= 15 is 0 Å². The van der Waals surface area contributed by atoms with Gasteiger partial charge in [-0.25, -0.2) is 9.07 Å². The van der Waals surface area contributed by atoms with Crippen LogP contribution in [0.15, 0.2) is 41.8 Å². The monoisotopic (exact) mass is 361 g/mol. The molecule has 0 saturated carbocycles. The summed E-state index contributed by atoms with van der Waals surface area (Å²) in [5.41, 5.74) is 2.12. The van der Waals surface area contributed by atoms with E-state index in [1.807, 2.05) is 5.38 Å². The molecule has 4 rings (SSSR count). The second-order valence-corrected chi connectivity index (χ2v) is 7.73. The average Bonchev–Trinajstić information content (AvgIpc) is 3.26. The van der Waals surface area contributed by atoms with Gasteiger partial charge in [0.05, 0.1) is 27.8 Å². The molecule has 8 heteroatoms. The molecule has 0 saturated heterocycles. The summed E-state index contributed by atoms with van der Waals surface area (Å²) in [6.07, 6.45) is 0. The third-order valence-electron chi connectivity index (χ3n) is 3.72. The maximum absolute atomic E-state index is 13.2. The third-order valence-corrected chi connectivity index (χ3v) is 5.79. The highest BCUT2D eigenvalue weighted by atomic mass is 32.2. The Balaban J connectivity index is 1.77. The second-order valence-electron chi connectivity index (χ2n) is 5.32. The number of carbonyl (C=O) groups is 1. The lowest BCUT2D eigenvalue weighted by atomic mass is 10.2. The zero-order chi connectivity index (χ0) is 16.7. The fourth-order valence-electron chi connectivity index (χ4n) is 2.60. The van der Waals surface area contributed by atoms with E-state index < -0.39 is 10.8 Å². The molecule has 122 valence electrons. The minimum absolute atomic E-state index is 0.242. The Labute approximate surface area is 143 Å². The van der Waals surface area contributed by atoms with E-state index in [0.29, 0.717) is 33.6 Å². The summed E-state index contributed by atoms with van der Waals surface area (Å²) in [6, 6.07) is 9.40. The minimum atomic E-state index is -1.00. The predicted molar refractivity (Wildman–Crippen MR) is 91.3 cm³/mol. The molecule has 1 aromatic carbocycles. The molecule has 1 unspecified atom stereocenters. The molecule has 0 bridgehead atoms. The summed E-state index contributed by atoms with van der Waals surface area (Å²) in [5, 5.41) is 9.16. The van der Waals surface area contributed by atoms with Gasteiger partial charge in [-0.05, 0) is 35.7 Å². The molecule has 1 atom stereocenters. The van der Waals surface area contributed by atoms with Crippen LogP contribution in [-0.4, -0.2) is 19.9 Å². The van der Waals surface area contributed by atoms with Gasteiger partial charge >= 0.3 is 0 Å². The number of hydrogen-bond donors (Lipinski definition) is 1. The van der Waals surface area contributed by atoms with Crippen molar-refractivity contribution in [3.63, 3.8) is 0 Å². The zero-order valence-corrected chi connectivity index (χ0v) is 14.0. The van der Waals surface area contributed by atoms with Crippen LogP contribution in [0.5, 0.6) is 0 Å². The molecule has 3 heterocycles. The molecule has 5 nitrogen and oxygen atoms in total. The summed E-state index contributed by atoms with van der Waals surface area (Å²) < 4.78 is 26.6. The van der Waals surface area contributed by atoms with Crippen molar-refractivity contribution in [3.05, 3.63) is 63.7 Å². The molecule has 1 amide bonds. The topological polar surface area (TPSA) is 64.0 Å². The quantitative estimate of drug-likeness (QED) is 0.780. The molecule has 0 spiro atoms. The van der Waals surface area contributed by atoms with Crippen molar-refractivity contribution in [2.24, 2.45) is 0 Å². The summed E-state index contributed by atoms with van der Waals surface area (Å²) in [4.78, 5) is 13.0. The average molecular weight is 361 g/mol. The van der Waals surface area contributed by atoms with E-state index in [0.717, 1.165) is 5.56 Å². The van der Waals surface area contributed by atoms with Crippen molar-refractivity contribution in [2.45, 2.75) is 11.5 Å². The van der Waals surface area contributed by atoms with Gasteiger partial charge in [0.2, 0.25) is 0 Å². The Morgan fingerprint density at radius 3 is 2.75 bits per heavy atom. The fourth-order valence-corrected chi connectivity index (χ4v) is 4.49. The first kappa shape index (κ1) is 15.2. The number of halogens is 1. The van der Waals surface area contributed by atoms with Gasteiger partial charge in [0.25, 0.3) is 5.91 Å². The number of amides is 1. The van der Waals surface area contributed by atoms with Crippen LogP contribution >= 0.6 is 11.3 Å². The van der Waals surface area contributed by atoms with E-state index in [1.165, 1.54) is 23.5 Å². The molecular weight excluding hydrogens is 349 g/mol. The molecule has 0 radical (unpaired) electrons. The Kier molecular flexibility index (Phi) is 3.78. The first-order chi connectivity index (χ1) is 11.6. The van der Waals surface area contributed by atoms with Crippen molar-refractivity contribution in [3.8, 4) is 5.69 Å². The van der Waals surface area contributed by atoms with Gasteiger partial charge < -0.3 is 5.32 Å². The largest absolute Gasteiger partial charge is 0.305 e. The maximum atomic E-state index is 13.2. The lowest BCUT2D eigenvalue weighted by molar-refractivity contribution is 0.102. The van der Waals surface area contributed by atoms with Crippen molar-refractivity contribution >= 4 is 33.9 Å². The number of fused-ring (bicyclic) bond motifs is 1. The van der Waals surface area contributed by atoms with Gasteiger partial charge in [0.15, 0.2) is 0 Å². The van der Waals surface area contributed by atoms with Gasteiger partial charge in [-0.15, -0.1) is 11.3 Å². The SMILES string of the molecule is O=C(Nc1c2c(nn1-c1ccc(F)cc1)CS(=O)C2)c1cccs1. The van der Waals surface area contributed by atoms with Crippen LogP contribution < -0.4 is 5.32 Å². The van der Waals surface area contributed by atoms with Gasteiger partial charge in [-0.1, -0.05) is 6.07 Å². The highest BCUT2D eigenvalue weighted by Gasteiger charge is 2.28. The number of hydrogen-bond acceptors (Lipinski definition) is 4. The van der Waals surface area contributed by atoms with Crippen LogP contribution in [0, 0.1) is 5.82 Å². The van der Waals surface area contributed by atoms with Crippen molar-refractivity contribution in [1.29, 1.82) is 0 Å². The number of benzene rings is 1. The van der Waals surface area contributed by atoms with Crippen LogP contribution in [0.1, 0.15) is 20.9 Å². The van der Waals surface area contributed by atoms with Crippen LogP contribution in [-0.2, 0) is 22.3 Å². The predicted octanol–water partition coefficient (Wildman–Crippen LogP) is 3.09. The standard InChI is InChI=1S/C16H12FN3O2S2/c17-10-3-5-11(6-4-10)20-15(12-8-24(22)9-13(12)19-20)18-16(21)14-2-1-7-23-14/h1-7H,8-9H2,(H,18,21). The van der Waals surface area contributed by atoms with Crippen molar-refractivity contribution in [2.75, 3.05) is 5.32 Å². The molecule has 2 aromatic heterocycles. The molecule has 24 heavy (non-hydrogen) atoms. The van der Waals surface area contributed by atoms with E-state index in [9.17, 15) is 13.4 Å². The number of carbonyl (C=O) groups excluding carboxylic acids is 1. The van der Waals surface area contributed by atoms with Crippen molar-refractivity contribution < 1.29 is 13.4 Å². The number of rotatable bonds is 3. The van der Waals surface area contributed by atoms with E-state index in [2.05, 4.69) is 10.4 Å². The van der Waals surface area contributed by atoms with E-state index in [1.54, 1.807) is 28.9 Å². The second kappa shape index (κ2) is 5.95. The number of aromatic nitrogens is 2. The first-order valence-electron chi connectivity index (χ1n) is 7.18. The van der Waals surface area contributed by atoms with E-state index in [4.69, 9.17) is 0 Å².